The van der Waals surface area contributed by atoms with Crippen molar-refractivity contribution in [1.29, 1.82) is 0 Å². The van der Waals surface area contributed by atoms with Gasteiger partial charge in [-0.05, 0) is 25.1 Å². The van der Waals surface area contributed by atoms with Gasteiger partial charge >= 0.3 is 0 Å². The molecule has 2 N–H and O–H groups in total. The van der Waals surface area contributed by atoms with Gasteiger partial charge in [-0.2, -0.15) is 0 Å². The van der Waals surface area contributed by atoms with Crippen molar-refractivity contribution in [3.8, 4) is 0 Å². The van der Waals surface area contributed by atoms with Gasteiger partial charge < -0.3 is 10.6 Å². The van der Waals surface area contributed by atoms with Gasteiger partial charge in [0, 0.05) is 23.8 Å². The van der Waals surface area contributed by atoms with Gasteiger partial charge in [-0.1, -0.05) is 17.7 Å². The average molecular weight is 239 g/mol. The van der Waals surface area contributed by atoms with E-state index in [0.29, 0.717) is 29.4 Å². The molecule has 0 heterocycles. The highest BCUT2D eigenvalue weighted by molar-refractivity contribution is 6.31. The monoisotopic (exact) mass is 238 g/mol. The lowest BCUT2D eigenvalue weighted by atomic mass is 10.1. The van der Waals surface area contributed by atoms with Crippen LogP contribution in [0.25, 0.3) is 0 Å². The Morgan fingerprint density at radius 1 is 1.62 bits per heavy atom. The van der Waals surface area contributed by atoms with E-state index in [9.17, 15) is 4.79 Å². The Labute approximate surface area is 100 Å². The number of anilines is 1. The third kappa shape index (κ3) is 2.76. The number of carbonyl (C=O) groups is 1. The molecule has 3 nitrogen and oxygen atoms in total. The number of hydrogen-bond acceptors (Lipinski definition) is 2. The third-order valence-electron chi connectivity index (χ3n) is 2.26. The number of nitrogens with two attached hydrogens (primary N) is 1. The molecule has 0 saturated heterocycles. The highest BCUT2D eigenvalue weighted by Gasteiger charge is 2.15. The lowest BCUT2D eigenvalue weighted by Gasteiger charge is -2.19. The van der Waals surface area contributed by atoms with Gasteiger partial charge in [0.2, 0.25) is 0 Å². The summed E-state index contributed by atoms with van der Waals surface area (Å²) >= 11 is 5.84. The maximum atomic E-state index is 12.1. The van der Waals surface area contributed by atoms with Crippen LogP contribution < -0.4 is 5.73 Å². The molecule has 1 rings (SSSR count). The Balaban J connectivity index is 3.02. The van der Waals surface area contributed by atoms with Crippen LogP contribution in [-0.4, -0.2) is 23.9 Å². The summed E-state index contributed by atoms with van der Waals surface area (Å²) in [6.45, 7) is 6.63. The summed E-state index contributed by atoms with van der Waals surface area (Å²) in [5, 5.41) is 0.507. The van der Waals surface area contributed by atoms with Crippen LogP contribution in [0.15, 0.2) is 30.9 Å². The van der Waals surface area contributed by atoms with Gasteiger partial charge in [-0.3, -0.25) is 4.79 Å². The molecule has 1 aromatic carbocycles. The Kier molecular flexibility index (Phi) is 4.38. The molecule has 0 spiro atoms. The number of nitrogen functional groups attached to an aromatic ring is 1. The van der Waals surface area contributed by atoms with E-state index in [1.165, 1.54) is 0 Å². The fourth-order valence-corrected chi connectivity index (χ4v) is 1.57. The van der Waals surface area contributed by atoms with Crippen LogP contribution in [0.3, 0.4) is 0 Å². The molecule has 0 fully saturated rings. The first-order valence-electron chi connectivity index (χ1n) is 5.05. The van der Waals surface area contributed by atoms with Gasteiger partial charge in [-0.15, -0.1) is 6.58 Å². The Morgan fingerprint density at radius 2 is 2.31 bits per heavy atom. The van der Waals surface area contributed by atoms with Gasteiger partial charge in [-0.25, -0.2) is 0 Å². The smallest absolute Gasteiger partial charge is 0.256 e. The van der Waals surface area contributed by atoms with Gasteiger partial charge in [0.1, 0.15) is 0 Å². The lowest BCUT2D eigenvalue weighted by Crippen LogP contribution is -2.31. The summed E-state index contributed by atoms with van der Waals surface area (Å²) in [5.41, 5.74) is 6.63. The summed E-state index contributed by atoms with van der Waals surface area (Å²) in [6, 6.07) is 4.89. The van der Waals surface area contributed by atoms with E-state index in [0.717, 1.165) is 0 Å². The molecule has 1 aromatic rings. The first kappa shape index (κ1) is 12.6. The molecule has 4 heteroatoms. The number of nitrogens with zero attached hydrogens (tertiary/aromatic N) is 1. The number of benzene rings is 1. The van der Waals surface area contributed by atoms with Gasteiger partial charge in [0.05, 0.1) is 5.56 Å². The number of likely N-dealkylation sites (N-methyl/N-ethyl adjacent to an activating group) is 1. The van der Waals surface area contributed by atoms with Crippen molar-refractivity contribution in [1.82, 2.24) is 4.90 Å². The van der Waals surface area contributed by atoms with E-state index in [4.69, 9.17) is 17.3 Å². The third-order valence-corrected chi connectivity index (χ3v) is 2.50. The zero-order valence-corrected chi connectivity index (χ0v) is 10.00. The van der Waals surface area contributed by atoms with Crippen LogP contribution in [-0.2, 0) is 0 Å². The topological polar surface area (TPSA) is 46.3 Å². The van der Waals surface area contributed by atoms with Crippen molar-refractivity contribution in [2.24, 2.45) is 0 Å². The van der Waals surface area contributed by atoms with E-state index in [2.05, 4.69) is 6.58 Å². The summed E-state index contributed by atoms with van der Waals surface area (Å²) in [5.74, 6) is -0.123. The predicted octanol–water partition coefficient (Wildman–Crippen LogP) is 2.57. The van der Waals surface area contributed by atoms with Crippen LogP contribution in [0, 0.1) is 0 Å². The molecule has 0 aliphatic rings. The first-order chi connectivity index (χ1) is 7.60. The van der Waals surface area contributed by atoms with Crippen molar-refractivity contribution >= 4 is 23.2 Å². The second kappa shape index (κ2) is 5.56. The molecule has 16 heavy (non-hydrogen) atoms. The minimum absolute atomic E-state index is 0.123. The average Bonchev–Trinajstić information content (AvgIpc) is 2.28. The normalized spacial score (nSPS) is 9.88. The van der Waals surface area contributed by atoms with E-state index in [1.54, 1.807) is 29.2 Å². The second-order valence-corrected chi connectivity index (χ2v) is 3.80. The molecular weight excluding hydrogens is 224 g/mol. The molecule has 0 radical (unpaired) electrons. The van der Waals surface area contributed by atoms with Crippen molar-refractivity contribution in [3.63, 3.8) is 0 Å². The Morgan fingerprint density at radius 3 is 2.88 bits per heavy atom. The van der Waals surface area contributed by atoms with Crippen molar-refractivity contribution in [3.05, 3.63) is 41.4 Å². The van der Waals surface area contributed by atoms with Crippen LogP contribution in [0.5, 0.6) is 0 Å². The first-order valence-corrected chi connectivity index (χ1v) is 5.43. The van der Waals surface area contributed by atoms with Crippen LogP contribution in [0.4, 0.5) is 5.69 Å². The zero-order valence-electron chi connectivity index (χ0n) is 9.24. The summed E-state index contributed by atoms with van der Waals surface area (Å²) in [7, 11) is 0. The summed E-state index contributed by atoms with van der Waals surface area (Å²) in [4.78, 5) is 13.7. The second-order valence-electron chi connectivity index (χ2n) is 3.36. The van der Waals surface area contributed by atoms with Crippen LogP contribution >= 0.6 is 11.6 Å². The van der Waals surface area contributed by atoms with Crippen molar-refractivity contribution in [2.75, 3.05) is 18.8 Å². The van der Waals surface area contributed by atoms with Gasteiger partial charge in [0.15, 0.2) is 0 Å². The number of carbonyl (C=O) groups excluding carboxylic acids is 1. The molecule has 0 atom stereocenters. The molecule has 1 amide bonds. The summed E-state index contributed by atoms with van der Waals surface area (Å²) in [6.07, 6.45) is 1.68. The van der Waals surface area contributed by atoms with Crippen molar-refractivity contribution in [2.45, 2.75) is 6.92 Å². The van der Waals surface area contributed by atoms with E-state index >= 15 is 0 Å². The maximum absolute atomic E-state index is 12.1. The van der Waals surface area contributed by atoms with Crippen LogP contribution in [0.2, 0.25) is 5.02 Å². The fraction of sp³-hybridized carbons (Fsp3) is 0.250. The zero-order chi connectivity index (χ0) is 12.1. The number of halogens is 1. The van der Waals surface area contributed by atoms with E-state index < -0.39 is 0 Å². The quantitative estimate of drug-likeness (QED) is 0.647. The largest absolute Gasteiger partial charge is 0.398 e. The lowest BCUT2D eigenvalue weighted by molar-refractivity contribution is 0.0783. The minimum atomic E-state index is -0.123. The summed E-state index contributed by atoms with van der Waals surface area (Å²) < 4.78 is 0. The molecule has 0 aromatic heterocycles. The van der Waals surface area contributed by atoms with Gasteiger partial charge in [0.25, 0.3) is 5.91 Å². The highest BCUT2D eigenvalue weighted by atomic mass is 35.5. The van der Waals surface area contributed by atoms with Crippen molar-refractivity contribution < 1.29 is 4.79 Å². The SMILES string of the molecule is C=CCN(CC)C(=O)c1cc(Cl)ccc1N. The predicted molar refractivity (Wildman–Crippen MR) is 67.6 cm³/mol. The minimum Gasteiger partial charge on any atom is -0.398 e. The molecule has 0 aliphatic heterocycles. The van der Waals surface area contributed by atoms with E-state index in [-0.39, 0.29) is 5.91 Å². The molecule has 0 aliphatic carbocycles. The molecular formula is C12H15ClN2O. The fourth-order valence-electron chi connectivity index (χ4n) is 1.40. The molecule has 0 unspecified atom stereocenters. The highest BCUT2D eigenvalue weighted by Crippen LogP contribution is 2.19. The number of hydrogen-bond donors (Lipinski definition) is 1. The maximum Gasteiger partial charge on any atom is 0.256 e. The Bertz CT molecular complexity index is 404. The number of rotatable bonds is 4. The Hall–Kier alpha value is -1.48. The van der Waals surface area contributed by atoms with Crippen LogP contribution in [0.1, 0.15) is 17.3 Å². The van der Waals surface area contributed by atoms with E-state index in [1.807, 2.05) is 6.92 Å². The molecule has 0 saturated carbocycles. The standard InChI is InChI=1S/C12H15ClN2O/c1-3-7-15(4-2)12(16)10-8-9(13)5-6-11(10)14/h3,5-6,8H,1,4,7,14H2,2H3. The molecule has 0 bridgehead atoms. The molecule has 86 valence electrons. The number of amides is 1.